The maximum Gasteiger partial charge on any atom is 0.155 e. The zero-order chi connectivity index (χ0) is 14.4. The van der Waals surface area contributed by atoms with Crippen LogP contribution < -0.4 is 0 Å². The second kappa shape index (κ2) is 4.61. The summed E-state index contributed by atoms with van der Waals surface area (Å²) in [7, 11) is 0. The Labute approximate surface area is 131 Å². The van der Waals surface area contributed by atoms with Crippen molar-refractivity contribution in [2.45, 2.75) is 5.37 Å². The molecule has 0 aromatic heterocycles. The maximum absolute atomic E-state index is 11.0. The van der Waals surface area contributed by atoms with Gasteiger partial charge < -0.3 is 4.74 Å². The lowest BCUT2D eigenvalue weighted by Gasteiger charge is -2.29. The smallest absolute Gasteiger partial charge is 0.155 e. The number of hydrogen-bond acceptors (Lipinski definition) is 4. The number of thioether (sulfide) groups is 1. The number of rotatable bonds is 1. The van der Waals surface area contributed by atoms with Gasteiger partial charge in [-0.1, -0.05) is 35.5 Å². The van der Waals surface area contributed by atoms with Gasteiger partial charge in [0.25, 0.3) is 0 Å². The molecule has 0 radical (unpaired) electrons. The first-order valence-electron chi connectivity index (χ1n) is 6.46. The van der Waals surface area contributed by atoms with Gasteiger partial charge in [-0.25, -0.2) is 0 Å². The first kappa shape index (κ1) is 12.9. The summed E-state index contributed by atoms with van der Waals surface area (Å²) >= 11 is 7.93. The minimum atomic E-state index is -0.399. The number of aldehydes is 1. The van der Waals surface area contributed by atoms with Crippen LogP contribution in [0.25, 0.3) is 0 Å². The van der Waals surface area contributed by atoms with Gasteiger partial charge in [0.15, 0.2) is 11.7 Å². The van der Waals surface area contributed by atoms with Crippen LogP contribution in [0.5, 0.6) is 0 Å². The second-order valence-electron chi connectivity index (χ2n) is 4.97. The van der Waals surface area contributed by atoms with Crippen molar-refractivity contribution in [1.29, 1.82) is 0 Å². The highest BCUT2D eigenvalue weighted by Crippen LogP contribution is 2.55. The van der Waals surface area contributed by atoms with Crippen molar-refractivity contribution in [1.82, 2.24) is 0 Å². The standard InChI is InChI=1S/C16H10ClNO2S/c17-12-6-10-9-20-5-4-16(10)3-1-2-13-11(15(12)16)7-18-14(8-19)21-13/h1-9,14H. The number of allylic oxidation sites excluding steroid dienone is 9. The fourth-order valence-corrected chi connectivity index (χ4v) is 4.18. The molecule has 3 nitrogen and oxygen atoms in total. The zero-order valence-electron chi connectivity index (χ0n) is 10.8. The average molecular weight is 316 g/mol. The molecule has 0 aromatic carbocycles. The molecular weight excluding hydrogens is 306 g/mol. The fourth-order valence-electron chi connectivity index (χ4n) is 2.93. The third kappa shape index (κ3) is 1.76. The molecule has 2 aliphatic heterocycles. The molecule has 2 heterocycles. The second-order valence-corrected chi connectivity index (χ2v) is 6.54. The molecule has 1 spiro atoms. The van der Waals surface area contributed by atoms with Gasteiger partial charge in [0.2, 0.25) is 0 Å². The summed E-state index contributed by atoms with van der Waals surface area (Å²) in [4.78, 5) is 16.3. The van der Waals surface area contributed by atoms with Crippen LogP contribution in [0.4, 0.5) is 0 Å². The zero-order valence-corrected chi connectivity index (χ0v) is 12.4. The fraction of sp³-hybridized carbons (Fsp3) is 0.125. The third-order valence-corrected chi connectivity index (χ3v) is 5.26. The van der Waals surface area contributed by atoms with E-state index in [0.29, 0.717) is 5.03 Å². The quantitative estimate of drug-likeness (QED) is 0.694. The van der Waals surface area contributed by atoms with E-state index in [2.05, 4.69) is 11.1 Å². The summed E-state index contributed by atoms with van der Waals surface area (Å²) < 4.78 is 5.28. The van der Waals surface area contributed by atoms with Crippen LogP contribution in [-0.4, -0.2) is 17.9 Å². The van der Waals surface area contributed by atoms with Gasteiger partial charge in [-0.2, -0.15) is 0 Å². The lowest BCUT2D eigenvalue weighted by atomic mass is 9.76. The van der Waals surface area contributed by atoms with Gasteiger partial charge in [0.05, 0.1) is 17.9 Å². The first-order valence-corrected chi connectivity index (χ1v) is 7.71. The molecule has 2 unspecified atom stereocenters. The molecule has 0 saturated carbocycles. The van der Waals surface area contributed by atoms with Gasteiger partial charge >= 0.3 is 0 Å². The summed E-state index contributed by atoms with van der Waals surface area (Å²) in [5.74, 6) is 0. The molecule has 0 fully saturated rings. The van der Waals surface area contributed by atoms with Crippen LogP contribution in [0.2, 0.25) is 0 Å². The molecule has 0 amide bonds. The normalized spacial score (nSPS) is 32.2. The van der Waals surface area contributed by atoms with Crippen molar-refractivity contribution in [3.05, 3.63) is 69.6 Å². The van der Waals surface area contributed by atoms with Crippen molar-refractivity contribution in [3.8, 4) is 0 Å². The molecular formula is C16H10ClNO2S. The number of halogens is 1. The van der Waals surface area contributed by atoms with Crippen LogP contribution >= 0.6 is 23.4 Å². The lowest BCUT2D eigenvalue weighted by Crippen LogP contribution is -2.21. The van der Waals surface area contributed by atoms with Crippen molar-refractivity contribution < 1.29 is 9.53 Å². The Balaban J connectivity index is 1.98. The summed E-state index contributed by atoms with van der Waals surface area (Å²) in [5, 5.41) is 0.299. The maximum atomic E-state index is 11.0. The molecule has 2 aliphatic carbocycles. The molecule has 4 aliphatic rings. The largest absolute Gasteiger partial charge is 0.473 e. The summed E-state index contributed by atoms with van der Waals surface area (Å²) in [5.41, 5.74) is 2.57. The average Bonchev–Trinajstić information content (AvgIpc) is 2.69. The van der Waals surface area contributed by atoms with Crippen molar-refractivity contribution in [2.24, 2.45) is 10.4 Å². The molecule has 4 rings (SSSR count). The van der Waals surface area contributed by atoms with E-state index >= 15 is 0 Å². The Morgan fingerprint density at radius 1 is 1.43 bits per heavy atom. The van der Waals surface area contributed by atoms with E-state index in [-0.39, 0.29) is 5.37 Å². The molecule has 0 saturated heterocycles. The van der Waals surface area contributed by atoms with E-state index in [9.17, 15) is 4.79 Å². The number of aliphatic imine (C=N–C) groups is 1. The Kier molecular flexibility index (Phi) is 2.84. The number of fused-ring (bicyclic) bond motifs is 1. The van der Waals surface area contributed by atoms with Crippen LogP contribution in [0.3, 0.4) is 0 Å². The highest BCUT2D eigenvalue weighted by molar-refractivity contribution is 8.04. The molecule has 5 heteroatoms. The van der Waals surface area contributed by atoms with Crippen LogP contribution in [0.1, 0.15) is 0 Å². The Morgan fingerprint density at radius 3 is 3.19 bits per heavy atom. The van der Waals surface area contributed by atoms with Gasteiger partial charge in [0, 0.05) is 27.3 Å². The minimum absolute atomic E-state index is 0.382. The highest BCUT2D eigenvalue weighted by atomic mass is 35.5. The molecule has 0 aromatic rings. The third-order valence-electron chi connectivity index (χ3n) is 3.87. The van der Waals surface area contributed by atoms with Crippen LogP contribution in [0, 0.1) is 5.41 Å². The van der Waals surface area contributed by atoms with Crippen molar-refractivity contribution in [2.75, 3.05) is 0 Å². The Bertz CT molecular complexity index is 754. The van der Waals surface area contributed by atoms with Crippen LogP contribution in [0.15, 0.2) is 74.6 Å². The van der Waals surface area contributed by atoms with Gasteiger partial charge in [-0.3, -0.25) is 9.79 Å². The van der Waals surface area contributed by atoms with Gasteiger partial charge in [0.1, 0.15) is 0 Å². The van der Waals surface area contributed by atoms with E-state index in [0.717, 1.165) is 27.9 Å². The monoisotopic (exact) mass is 315 g/mol. The molecule has 2 atom stereocenters. The highest BCUT2D eigenvalue weighted by Gasteiger charge is 2.44. The summed E-state index contributed by atoms with van der Waals surface area (Å²) in [6.07, 6.45) is 16.0. The van der Waals surface area contributed by atoms with Crippen molar-refractivity contribution >= 4 is 35.9 Å². The predicted octanol–water partition coefficient (Wildman–Crippen LogP) is 3.63. The topological polar surface area (TPSA) is 38.7 Å². The number of nitrogens with zero attached hydrogens (tertiary/aromatic N) is 1. The number of carbonyl (C=O) groups excluding carboxylic acids is 1. The Hall–Kier alpha value is -1.78. The minimum Gasteiger partial charge on any atom is -0.473 e. The SMILES string of the molecule is O=CC1N=CC2=C3C(Cl)=CC4=COC=CC43C=CC=C2S1. The van der Waals surface area contributed by atoms with E-state index in [1.54, 1.807) is 18.7 Å². The van der Waals surface area contributed by atoms with E-state index in [1.165, 1.54) is 11.8 Å². The Morgan fingerprint density at radius 2 is 2.33 bits per heavy atom. The first-order chi connectivity index (χ1) is 10.2. The van der Waals surface area contributed by atoms with E-state index < -0.39 is 5.41 Å². The molecule has 0 bridgehead atoms. The summed E-state index contributed by atoms with van der Waals surface area (Å²) in [6.45, 7) is 0. The van der Waals surface area contributed by atoms with Gasteiger partial charge in [-0.15, -0.1) is 0 Å². The predicted molar refractivity (Wildman–Crippen MR) is 84.9 cm³/mol. The number of ether oxygens (including phenoxy) is 1. The molecule has 21 heavy (non-hydrogen) atoms. The van der Waals surface area contributed by atoms with Crippen LogP contribution in [-0.2, 0) is 9.53 Å². The number of carbonyl (C=O) groups is 1. The van der Waals surface area contributed by atoms with Crippen molar-refractivity contribution in [3.63, 3.8) is 0 Å². The lowest BCUT2D eigenvalue weighted by molar-refractivity contribution is -0.107. The molecule has 0 N–H and O–H groups in total. The van der Waals surface area contributed by atoms with Gasteiger partial charge in [-0.05, 0) is 23.8 Å². The van der Waals surface area contributed by atoms with E-state index in [4.69, 9.17) is 16.3 Å². The number of hydrogen-bond donors (Lipinski definition) is 0. The molecule has 104 valence electrons. The summed E-state index contributed by atoms with van der Waals surface area (Å²) in [6, 6.07) is 0. The van der Waals surface area contributed by atoms with E-state index in [1.807, 2.05) is 24.3 Å².